The molecule has 24 nitrogen and oxygen atoms in total. The van der Waals surface area contributed by atoms with Gasteiger partial charge in [-0.25, -0.2) is 29.4 Å². The van der Waals surface area contributed by atoms with Crippen LogP contribution in [0, 0.1) is 34.5 Å². The van der Waals surface area contributed by atoms with Gasteiger partial charge in [0.2, 0.25) is 11.9 Å². The summed E-state index contributed by atoms with van der Waals surface area (Å²) in [7, 11) is 0. The number of carbonyl (C=O) groups is 2. The number of rotatable bonds is 13. The number of anilines is 2. The minimum atomic E-state index is -4.06. The highest BCUT2D eigenvalue weighted by Crippen LogP contribution is 2.57. The van der Waals surface area contributed by atoms with Gasteiger partial charge in [-0.15, -0.1) is 0 Å². The van der Waals surface area contributed by atoms with E-state index >= 15 is 4.39 Å². The lowest BCUT2D eigenvalue weighted by atomic mass is 9.99. The lowest BCUT2D eigenvalue weighted by molar-refractivity contribution is -0.118. The molecule has 3 aliphatic heterocycles. The van der Waals surface area contributed by atoms with Crippen molar-refractivity contribution in [1.29, 1.82) is 10.5 Å². The highest BCUT2D eigenvalue weighted by atomic mass is 32.5. The fourth-order valence-corrected chi connectivity index (χ4v) is 11.8. The molecule has 2 bridgehead atoms. The fraction of sp³-hybridized carbons (Fsp3) is 0.474. The van der Waals surface area contributed by atoms with Crippen LogP contribution in [0.5, 0.6) is 0 Å². The van der Waals surface area contributed by atoms with E-state index in [0.717, 1.165) is 0 Å². The summed E-state index contributed by atoms with van der Waals surface area (Å²) in [6.07, 6.45) is -4.91. The van der Waals surface area contributed by atoms with Crippen molar-refractivity contribution in [3.8, 4) is 12.1 Å². The van der Waals surface area contributed by atoms with Crippen molar-refractivity contribution in [3.63, 3.8) is 0 Å². The molecule has 29 heteroatoms. The van der Waals surface area contributed by atoms with Crippen molar-refractivity contribution in [1.82, 2.24) is 44.1 Å². The Labute approximate surface area is 389 Å². The molecule has 7 heterocycles. The number of aromatic amines is 1. The van der Waals surface area contributed by atoms with Crippen LogP contribution in [-0.4, -0.2) is 120 Å². The molecular formula is C38H42FN13O11P2S2. The summed E-state index contributed by atoms with van der Waals surface area (Å²) in [4.78, 5) is 62.9. The Morgan fingerprint density at radius 2 is 1.64 bits per heavy atom. The molecule has 3 aliphatic rings. The Hall–Kier alpha value is -5.09. The number of benzene rings is 1. The second-order valence-electron chi connectivity index (χ2n) is 15.4. The average molecular weight is 1000 g/mol. The van der Waals surface area contributed by atoms with E-state index in [9.17, 15) is 30.0 Å². The lowest BCUT2D eigenvalue weighted by Gasteiger charge is -2.31. The van der Waals surface area contributed by atoms with Gasteiger partial charge in [0.05, 0.1) is 82.8 Å². The van der Waals surface area contributed by atoms with E-state index in [4.69, 9.17) is 55.7 Å². The quantitative estimate of drug-likeness (QED) is 0.0835. The van der Waals surface area contributed by atoms with Crippen molar-refractivity contribution >= 4 is 82.9 Å². The van der Waals surface area contributed by atoms with E-state index in [-0.39, 0.29) is 60.1 Å². The summed E-state index contributed by atoms with van der Waals surface area (Å²) < 4.78 is 64.0. The van der Waals surface area contributed by atoms with Gasteiger partial charge < -0.3 is 42.5 Å². The maximum atomic E-state index is 17.3. The van der Waals surface area contributed by atoms with E-state index < -0.39 is 105 Å². The van der Waals surface area contributed by atoms with Crippen LogP contribution in [0.3, 0.4) is 0 Å². The average Bonchev–Trinajstić information content (AvgIpc) is 4.09. The number of aliphatic hydroxyl groups is 1. The largest absolute Gasteiger partial charge is 0.396 e. The topological polar surface area (TPSA) is 310 Å². The molecule has 0 spiro atoms. The number of nitrogens with zero attached hydrogens (tertiary/aromatic N) is 9. The molecule has 5 aromatic rings. The third-order valence-corrected chi connectivity index (χ3v) is 15.6. The minimum Gasteiger partial charge on any atom is -0.396 e. The SMILES string of the molecule is CC(C)C(=O)Nc1nc2c(ncn2C2OC3COP(=S)(OCCC#N)NC4C(COP(=S)(OCCC#N)OC2C3CO)OC(n2cnc3c(NC(=O)c5ccccc5)ncnc32)C4F)c(=O)[nH]1. The first-order valence-corrected chi connectivity index (χ1v) is 25.8. The number of nitriles is 2. The van der Waals surface area contributed by atoms with E-state index in [0.29, 0.717) is 5.56 Å². The number of nitrogens with one attached hydrogen (secondary N) is 4. The molecule has 2 amide bonds. The molecule has 354 valence electrons. The monoisotopic (exact) mass is 1000 g/mol. The van der Waals surface area contributed by atoms with Gasteiger partial charge in [-0.05, 0) is 35.7 Å². The second-order valence-corrected chi connectivity index (χ2v) is 21.6. The normalized spacial score (nSPS) is 28.8. The van der Waals surface area contributed by atoms with Crippen LogP contribution < -0.4 is 21.3 Å². The van der Waals surface area contributed by atoms with Crippen molar-refractivity contribution in [2.45, 2.75) is 69.7 Å². The van der Waals surface area contributed by atoms with E-state index in [2.05, 4.69) is 45.6 Å². The van der Waals surface area contributed by atoms with Gasteiger partial charge in [0.25, 0.3) is 18.1 Å². The molecule has 4 aromatic heterocycles. The molecule has 3 saturated heterocycles. The minimum absolute atomic E-state index is 0.0442. The molecule has 0 radical (unpaired) electrons. The molecule has 10 unspecified atom stereocenters. The van der Waals surface area contributed by atoms with E-state index in [1.54, 1.807) is 44.2 Å². The molecule has 5 N–H and O–H groups in total. The maximum absolute atomic E-state index is 17.3. The summed E-state index contributed by atoms with van der Waals surface area (Å²) in [5.41, 5.74) is -0.272. The number of alkyl halides is 1. The number of aliphatic hydroxyl groups excluding tert-OH is 1. The Kier molecular flexibility index (Phi) is 14.9. The van der Waals surface area contributed by atoms with Crippen LogP contribution in [-0.2, 0) is 60.5 Å². The summed E-state index contributed by atoms with van der Waals surface area (Å²) in [5.74, 6) is -2.47. The lowest BCUT2D eigenvalue weighted by Crippen LogP contribution is -2.43. The summed E-state index contributed by atoms with van der Waals surface area (Å²) in [6.45, 7) is -6.61. The van der Waals surface area contributed by atoms with Gasteiger partial charge in [0, 0.05) is 17.4 Å². The molecule has 3 fully saturated rings. The van der Waals surface area contributed by atoms with Crippen LogP contribution >= 0.6 is 13.4 Å². The van der Waals surface area contributed by atoms with Crippen molar-refractivity contribution in [3.05, 3.63) is 65.2 Å². The van der Waals surface area contributed by atoms with Crippen LogP contribution in [0.15, 0.2) is 54.1 Å². The van der Waals surface area contributed by atoms with Gasteiger partial charge >= 0.3 is 6.72 Å². The number of aromatic nitrogens is 8. The summed E-state index contributed by atoms with van der Waals surface area (Å²) in [5, 5.41) is 38.0. The number of halogens is 1. The molecule has 0 saturated carbocycles. The smallest absolute Gasteiger partial charge is 0.327 e. The zero-order valence-electron chi connectivity index (χ0n) is 35.4. The summed E-state index contributed by atoms with van der Waals surface area (Å²) in [6, 6.07) is 11.0. The number of fused-ring (bicyclic) bond motifs is 5. The first kappa shape index (κ1) is 48.4. The highest BCUT2D eigenvalue weighted by molar-refractivity contribution is 8.09. The van der Waals surface area contributed by atoms with Gasteiger partial charge in [0.15, 0.2) is 46.8 Å². The van der Waals surface area contributed by atoms with Crippen LogP contribution in [0.1, 0.15) is 49.5 Å². The first-order valence-electron chi connectivity index (χ1n) is 20.6. The number of H-pyrrole nitrogens is 1. The molecule has 0 aliphatic carbocycles. The van der Waals surface area contributed by atoms with E-state index in [1.807, 2.05) is 12.1 Å². The highest BCUT2D eigenvalue weighted by Gasteiger charge is 2.53. The Balaban J connectivity index is 1.15. The van der Waals surface area contributed by atoms with E-state index in [1.165, 1.54) is 28.1 Å². The standard InChI is InChI=1S/C38H42FN13O11P2S2/c1-20(2)33(54)48-38-47-32-28(35(56)49-38)45-19-52(32)37-29-22(14-53)23(61-37)15-59-64(66,57-12-6-10-40)50-26-24(16-60-65(67,63-29)58-13-7-11-41)62-36(25(26)39)51-18-44-27-30(42-17-43-31(27)51)46-34(55)21-8-4-3-5-9-21/h3-5,8-9,17-20,22-26,29,36-37,53H,6-7,12-16H2,1-2H3,(H,50,66)(H,42,43,46,55)(H2,47,48,49,54,56). The van der Waals surface area contributed by atoms with Gasteiger partial charge in [-0.3, -0.25) is 33.8 Å². The van der Waals surface area contributed by atoms with Crippen molar-refractivity contribution in [2.75, 3.05) is 43.7 Å². The molecule has 1 aromatic carbocycles. The third-order valence-electron chi connectivity index (χ3n) is 10.7. The number of carbonyl (C=O) groups excluding carboxylic acids is 2. The zero-order valence-corrected chi connectivity index (χ0v) is 38.8. The summed E-state index contributed by atoms with van der Waals surface area (Å²) >= 11 is 11.9. The maximum Gasteiger partial charge on any atom is 0.327 e. The number of amides is 2. The Morgan fingerprint density at radius 3 is 2.36 bits per heavy atom. The number of hydrogen-bond donors (Lipinski definition) is 5. The van der Waals surface area contributed by atoms with Crippen LogP contribution in [0.2, 0.25) is 0 Å². The zero-order chi connectivity index (χ0) is 47.5. The molecule has 8 rings (SSSR count). The predicted octanol–water partition coefficient (Wildman–Crippen LogP) is 3.25. The van der Waals surface area contributed by atoms with Crippen molar-refractivity contribution in [2.24, 2.45) is 11.8 Å². The molecule has 67 heavy (non-hydrogen) atoms. The second kappa shape index (κ2) is 20.6. The number of ether oxygens (including phenoxy) is 2. The van der Waals surface area contributed by atoms with Crippen molar-refractivity contribution < 1.29 is 51.2 Å². The first-order chi connectivity index (χ1) is 32.2. The fourth-order valence-electron chi connectivity index (χ4n) is 7.38. The third kappa shape index (κ3) is 10.4. The Morgan fingerprint density at radius 1 is 0.955 bits per heavy atom. The number of imidazole rings is 2. The van der Waals surface area contributed by atoms with Crippen LogP contribution in [0.25, 0.3) is 22.3 Å². The van der Waals surface area contributed by atoms with Gasteiger partial charge in [-0.2, -0.15) is 15.5 Å². The Bertz CT molecular complexity index is 2880. The van der Waals surface area contributed by atoms with Crippen LogP contribution in [0.4, 0.5) is 16.2 Å². The molecular weight excluding hydrogens is 960 g/mol. The van der Waals surface area contributed by atoms with Gasteiger partial charge in [-0.1, -0.05) is 32.0 Å². The number of hydrogen-bond acceptors (Lipinski definition) is 20. The predicted molar refractivity (Wildman–Crippen MR) is 239 cm³/mol. The molecule has 10 atom stereocenters. The van der Waals surface area contributed by atoms with Gasteiger partial charge in [0.1, 0.15) is 18.5 Å².